The summed E-state index contributed by atoms with van der Waals surface area (Å²) in [5, 5.41) is 4.00. The molecule has 0 aliphatic heterocycles. The summed E-state index contributed by atoms with van der Waals surface area (Å²) in [6.45, 7) is 0.679. The third-order valence-electron chi connectivity index (χ3n) is 4.15. The molecule has 2 aromatic heterocycles. The molecule has 0 unspecified atom stereocenters. The van der Waals surface area contributed by atoms with Crippen LogP contribution >= 0.6 is 0 Å². The molecule has 1 aliphatic carbocycles. The Morgan fingerprint density at radius 1 is 1.25 bits per heavy atom. The minimum absolute atomic E-state index is 0.133. The Morgan fingerprint density at radius 3 is 2.80 bits per heavy atom. The third kappa shape index (κ3) is 2.70. The van der Waals surface area contributed by atoms with E-state index in [0.29, 0.717) is 24.0 Å². The van der Waals surface area contributed by atoms with E-state index in [1.807, 2.05) is 0 Å². The van der Waals surface area contributed by atoms with E-state index in [-0.39, 0.29) is 5.41 Å². The molecular formula is C14H19N5O. The lowest BCUT2D eigenvalue weighted by atomic mass is 9.72. The topological polar surface area (TPSA) is 90.7 Å². The molecule has 2 aromatic rings. The van der Waals surface area contributed by atoms with E-state index < -0.39 is 0 Å². The second kappa shape index (κ2) is 5.66. The summed E-state index contributed by atoms with van der Waals surface area (Å²) >= 11 is 0. The summed E-state index contributed by atoms with van der Waals surface area (Å²) in [4.78, 5) is 12.5. The fraction of sp³-hybridized carbons (Fsp3) is 0.571. The Balaban J connectivity index is 1.77. The molecule has 2 N–H and O–H groups in total. The number of aromatic nitrogens is 4. The highest BCUT2D eigenvalue weighted by atomic mass is 16.5. The molecule has 1 saturated carbocycles. The number of hydrogen-bond donors (Lipinski definition) is 1. The van der Waals surface area contributed by atoms with Crippen molar-refractivity contribution in [3.63, 3.8) is 0 Å². The lowest BCUT2D eigenvalue weighted by Gasteiger charge is -2.34. The highest BCUT2D eigenvalue weighted by Crippen LogP contribution is 2.38. The smallest absolute Gasteiger partial charge is 0.227 e. The van der Waals surface area contributed by atoms with Crippen LogP contribution in [0.4, 0.5) is 0 Å². The highest BCUT2D eigenvalue weighted by molar-refractivity contribution is 5.46. The maximum atomic E-state index is 5.99. The molecule has 1 aliphatic rings. The van der Waals surface area contributed by atoms with Crippen molar-refractivity contribution in [1.29, 1.82) is 0 Å². The third-order valence-corrected chi connectivity index (χ3v) is 4.15. The first-order chi connectivity index (χ1) is 9.81. The van der Waals surface area contributed by atoms with Gasteiger partial charge in [0.25, 0.3) is 0 Å². The summed E-state index contributed by atoms with van der Waals surface area (Å²) in [5.74, 6) is 1.18. The SMILES string of the molecule is NCC1(Cc2nc(-c3ccncn3)no2)CCCCC1. The lowest BCUT2D eigenvalue weighted by molar-refractivity contribution is 0.177. The Kier molecular flexibility index (Phi) is 3.73. The van der Waals surface area contributed by atoms with Crippen LogP contribution in [0, 0.1) is 5.41 Å². The fourth-order valence-corrected chi connectivity index (χ4v) is 2.93. The van der Waals surface area contributed by atoms with Crippen molar-refractivity contribution in [2.45, 2.75) is 38.5 Å². The zero-order chi connectivity index (χ0) is 13.8. The van der Waals surface area contributed by atoms with Crippen molar-refractivity contribution < 1.29 is 4.52 Å². The second-order valence-electron chi connectivity index (χ2n) is 5.55. The summed E-state index contributed by atoms with van der Waals surface area (Å²) in [7, 11) is 0. The van der Waals surface area contributed by atoms with Gasteiger partial charge in [-0.3, -0.25) is 0 Å². The van der Waals surface area contributed by atoms with E-state index in [0.717, 1.165) is 19.3 Å². The second-order valence-corrected chi connectivity index (χ2v) is 5.55. The minimum atomic E-state index is 0.133. The fourth-order valence-electron chi connectivity index (χ4n) is 2.93. The summed E-state index contributed by atoms with van der Waals surface area (Å²) in [6, 6.07) is 1.77. The van der Waals surface area contributed by atoms with Crippen molar-refractivity contribution >= 4 is 0 Å². The molecule has 0 spiro atoms. The maximum Gasteiger partial charge on any atom is 0.227 e. The highest BCUT2D eigenvalue weighted by Gasteiger charge is 2.33. The summed E-state index contributed by atoms with van der Waals surface area (Å²) in [5.41, 5.74) is 6.81. The Bertz CT molecular complexity index is 548. The maximum absolute atomic E-state index is 5.99. The lowest BCUT2D eigenvalue weighted by Crippen LogP contribution is -2.35. The largest absolute Gasteiger partial charge is 0.339 e. The van der Waals surface area contributed by atoms with E-state index in [2.05, 4.69) is 20.1 Å². The van der Waals surface area contributed by atoms with E-state index in [4.69, 9.17) is 10.3 Å². The van der Waals surface area contributed by atoms with Crippen molar-refractivity contribution in [1.82, 2.24) is 20.1 Å². The van der Waals surface area contributed by atoms with E-state index >= 15 is 0 Å². The number of rotatable bonds is 4. The molecule has 2 heterocycles. The van der Waals surface area contributed by atoms with Gasteiger partial charge in [0.05, 0.1) is 0 Å². The standard InChI is InChI=1S/C14H19N5O/c15-9-14(5-2-1-3-6-14)8-12-18-13(19-20-12)11-4-7-16-10-17-11/h4,7,10H,1-3,5-6,8-9,15H2. The van der Waals surface area contributed by atoms with Crippen molar-refractivity contribution in [3.8, 4) is 11.5 Å². The molecule has 0 bridgehead atoms. The van der Waals surface area contributed by atoms with Gasteiger partial charge in [0.1, 0.15) is 12.0 Å². The van der Waals surface area contributed by atoms with E-state index in [1.54, 1.807) is 12.3 Å². The molecule has 6 heteroatoms. The van der Waals surface area contributed by atoms with Crippen LogP contribution in [0.25, 0.3) is 11.5 Å². The molecule has 0 aromatic carbocycles. The Hall–Kier alpha value is -1.82. The van der Waals surface area contributed by atoms with Crippen molar-refractivity contribution in [2.75, 3.05) is 6.54 Å². The van der Waals surface area contributed by atoms with Crippen LogP contribution in [0.5, 0.6) is 0 Å². The van der Waals surface area contributed by atoms with Crippen LogP contribution in [-0.2, 0) is 6.42 Å². The normalized spacial score (nSPS) is 18.1. The molecular weight excluding hydrogens is 254 g/mol. The molecule has 6 nitrogen and oxygen atoms in total. The quantitative estimate of drug-likeness (QED) is 0.915. The van der Waals surface area contributed by atoms with Gasteiger partial charge in [0, 0.05) is 12.6 Å². The van der Waals surface area contributed by atoms with Gasteiger partial charge < -0.3 is 10.3 Å². The van der Waals surface area contributed by atoms with Crippen LogP contribution in [0.2, 0.25) is 0 Å². The van der Waals surface area contributed by atoms with Crippen LogP contribution < -0.4 is 5.73 Å². The van der Waals surface area contributed by atoms with Crippen LogP contribution in [0.15, 0.2) is 23.1 Å². The first-order valence-corrected chi connectivity index (χ1v) is 7.10. The Labute approximate surface area is 117 Å². The average molecular weight is 273 g/mol. The predicted octanol–water partition coefficient (Wildman–Crippen LogP) is 1.98. The zero-order valence-electron chi connectivity index (χ0n) is 11.5. The first kappa shape index (κ1) is 13.2. The molecule has 3 rings (SSSR count). The van der Waals surface area contributed by atoms with Gasteiger partial charge in [0.15, 0.2) is 0 Å². The van der Waals surface area contributed by atoms with Crippen LogP contribution in [-0.4, -0.2) is 26.7 Å². The molecule has 0 radical (unpaired) electrons. The molecule has 0 saturated heterocycles. The minimum Gasteiger partial charge on any atom is -0.339 e. The van der Waals surface area contributed by atoms with Gasteiger partial charge in [0.2, 0.25) is 11.7 Å². The van der Waals surface area contributed by atoms with Gasteiger partial charge in [-0.05, 0) is 30.9 Å². The summed E-state index contributed by atoms with van der Waals surface area (Å²) in [6.07, 6.45) is 9.99. The first-order valence-electron chi connectivity index (χ1n) is 7.10. The van der Waals surface area contributed by atoms with Gasteiger partial charge in [-0.1, -0.05) is 24.4 Å². The van der Waals surface area contributed by atoms with E-state index in [9.17, 15) is 0 Å². The van der Waals surface area contributed by atoms with Crippen molar-refractivity contribution in [3.05, 3.63) is 24.5 Å². The molecule has 106 valence electrons. The van der Waals surface area contributed by atoms with Crippen LogP contribution in [0.1, 0.15) is 38.0 Å². The number of nitrogens with two attached hydrogens (primary N) is 1. The molecule has 1 fully saturated rings. The van der Waals surface area contributed by atoms with E-state index in [1.165, 1.54) is 25.6 Å². The monoisotopic (exact) mass is 273 g/mol. The molecule has 0 atom stereocenters. The number of nitrogens with zero attached hydrogens (tertiary/aromatic N) is 4. The van der Waals surface area contributed by atoms with Gasteiger partial charge in [-0.15, -0.1) is 0 Å². The number of hydrogen-bond acceptors (Lipinski definition) is 6. The zero-order valence-corrected chi connectivity index (χ0v) is 11.5. The van der Waals surface area contributed by atoms with Gasteiger partial charge >= 0.3 is 0 Å². The Morgan fingerprint density at radius 2 is 2.10 bits per heavy atom. The average Bonchev–Trinajstić information content (AvgIpc) is 2.97. The molecule has 0 amide bonds. The molecule has 20 heavy (non-hydrogen) atoms. The van der Waals surface area contributed by atoms with Gasteiger partial charge in [-0.2, -0.15) is 4.98 Å². The van der Waals surface area contributed by atoms with Crippen molar-refractivity contribution in [2.24, 2.45) is 11.1 Å². The van der Waals surface area contributed by atoms with Gasteiger partial charge in [-0.25, -0.2) is 9.97 Å². The summed E-state index contributed by atoms with van der Waals surface area (Å²) < 4.78 is 5.37. The van der Waals surface area contributed by atoms with Crippen LogP contribution in [0.3, 0.4) is 0 Å². The predicted molar refractivity (Wildman–Crippen MR) is 73.6 cm³/mol.